The highest BCUT2D eigenvalue weighted by molar-refractivity contribution is 6.00. The van der Waals surface area contributed by atoms with Crippen LogP contribution in [-0.4, -0.2) is 63.4 Å². The van der Waals surface area contributed by atoms with Gasteiger partial charge in [0.15, 0.2) is 0 Å². The molecule has 44 heavy (non-hydrogen) atoms. The van der Waals surface area contributed by atoms with E-state index < -0.39 is 11.9 Å². The third kappa shape index (κ3) is 6.85. The van der Waals surface area contributed by atoms with E-state index in [1.807, 2.05) is 24.3 Å². The molecule has 0 aromatic heterocycles. The second-order valence-corrected chi connectivity index (χ2v) is 11.2. The van der Waals surface area contributed by atoms with Crippen LogP contribution in [-0.2, 0) is 31.9 Å². The van der Waals surface area contributed by atoms with E-state index in [0.717, 1.165) is 73.3 Å². The van der Waals surface area contributed by atoms with Gasteiger partial charge in [-0.1, -0.05) is 47.6 Å². The molecular weight excluding hydrogens is 560 g/mol. The number of amidine groups is 2. The number of carbonyl (C=O) groups excluding carboxylic acids is 2. The van der Waals surface area contributed by atoms with Crippen LogP contribution in [0, 0.1) is 0 Å². The molecule has 2 N–H and O–H groups in total. The van der Waals surface area contributed by atoms with Crippen LogP contribution < -0.4 is 20.1 Å². The zero-order valence-electron chi connectivity index (χ0n) is 24.9. The van der Waals surface area contributed by atoms with Gasteiger partial charge in [-0.3, -0.25) is 0 Å². The number of aryl methyl sites for hydroxylation is 2. The SMILES string of the molecule is COc1cccc2c1C=C(CC1CNC(OC(=O)/C=C/C(=O)OC3=NC(CC4=Cc5c(cccc5OC)CC4)CN3)=N1)CC2. The molecule has 2 aromatic carbocycles. The molecule has 228 valence electrons. The predicted octanol–water partition coefficient (Wildman–Crippen LogP) is 4.14. The molecule has 0 amide bonds. The first-order valence-corrected chi connectivity index (χ1v) is 14.9. The highest BCUT2D eigenvalue weighted by Gasteiger charge is 2.25. The van der Waals surface area contributed by atoms with Crippen LogP contribution in [0.15, 0.2) is 69.7 Å². The van der Waals surface area contributed by atoms with E-state index >= 15 is 0 Å². The lowest BCUT2D eigenvalue weighted by Crippen LogP contribution is -2.26. The summed E-state index contributed by atoms with van der Waals surface area (Å²) in [5.41, 5.74) is 7.36. The molecular formula is C34H36N4O6. The largest absolute Gasteiger partial charge is 0.496 e. The Morgan fingerprint density at radius 1 is 0.727 bits per heavy atom. The zero-order valence-corrected chi connectivity index (χ0v) is 24.9. The number of hydrogen-bond donors (Lipinski definition) is 2. The minimum atomic E-state index is -0.719. The molecule has 0 saturated carbocycles. The molecule has 2 heterocycles. The summed E-state index contributed by atoms with van der Waals surface area (Å²) in [5.74, 6) is 0.300. The first kappa shape index (κ1) is 29.2. The lowest BCUT2D eigenvalue weighted by molar-refractivity contribution is -0.132. The maximum Gasteiger partial charge on any atom is 0.338 e. The van der Waals surface area contributed by atoms with Crippen LogP contribution in [0.5, 0.6) is 11.5 Å². The van der Waals surface area contributed by atoms with Crippen molar-refractivity contribution in [2.75, 3.05) is 27.3 Å². The second kappa shape index (κ2) is 13.2. The minimum Gasteiger partial charge on any atom is -0.496 e. The number of methoxy groups -OCH3 is 2. The average molecular weight is 597 g/mol. The van der Waals surface area contributed by atoms with Crippen molar-refractivity contribution >= 4 is 36.1 Å². The molecule has 4 aliphatic rings. The quantitative estimate of drug-likeness (QED) is 0.345. The number of aliphatic imine (C=N–C) groups is 2. The van der Waals surface area contributed by atoms with E-state index in [9.17, 15) is 9.59 Å². The van der Waals surface area contributed by atoms with Gasteiger partial charge < -0.3 is 29.6 Å². The van der Waals surface area contributed by atoms with Crippen molar-refractivity contribution in [2.24, 2.45) is 9.98 Å². The van der Waals surface area contributed by atoms with Gasteiger partial charge in [0.1, 0.15) is 11.5 Å². The molecule has 2 aromatic rings. The van der Waals surface area contributed by atoms with Crippen molar-refractivity contribution in [3.05, 3.63) is 82.0 Å². The fourth-order valence-electron chi connectivity index (χ4n) is 6.05. The zero-order chi connectivity index (χ0) is 30.5. The maximum atomic E-state index is 12.3. The highest BCUT2D eigenvalue weighted by Crippen LogP contribution is 2.34. The Morgan fingerprint density at radius 3 is 1.61 bits per heavy atom. The third-order valence-corrected chi connectivity index (χ3v) is 8.20. The lowest BCUT2D eigenvalue weighted by Gasteiger charge is -2.19. The van der Waals surface area contributed by atoms with Crippen molar-refractivity contribution < 1.29 is 28.5 Å². The van der Waals surface area contributed by atoms with Crippen molar-refractivity contribution in [3.8, 4) is 11.5 Å². The first-order chi connectivity index (χ1) is 21.5. The highest BCUT2D eigenvalue weighted by atomic mass is 16.6. The molecule has 2 aliphatic carbocycles. The van der Waals surface area contributed by atoms with Crippen LogP contribution in [0.2, 0.25) is 0 Å². The second-order valence-electron chi connectivity index (χ2n) is 11.2. The van der Waals surface area contributed by atoms with Crippen molar-refractivity contribution in [3.63, 3.8) is 0 Å². The van der Waals surface area contributed by atoms with Gasteiger partial charge in [-0.2, -0.15) is 0 Å². The average Bonchev–Trinajstić information content (AvgIpc) is 3.67. The Kier molecular flexibility index (Phi) is 8.76. The molecule has 0 saturated heterocycles. The molecule has 0 radical (unpaired) electrons. The summed E-state index contributed by atoms with van der Waals surface area (Å²) in [7, 11) is 3.36. The monoisotopic (exact) mass is 596 g/mol. The van der Waals surface area contributed by atoms with Gasteiger partial charge >= 0.3 is 11.9 Å². The van der Waals surface area contributed by atoms with Gasteiger partial charge in [0.2, 0.25) is 0 Å². The van der Waals surface area contributed by atoms with Crippen LogP contribution in [0.4, 0.5) is 0 Å². The van der Waals surface area contributed by atoms with Crippen LogP contribution in [0.25, 0.3) is 12.2 Å². The summed E-state index contributed by atoms with van der Waals surface area (Å²) in [5, 5.41) is 6.06. The number of fused-ring (bicyclic) bond motifs is 2. The predicted molar refractivity (Wildman–Crippen MR) is 168 cm³/mol. The molecule has 10 heteroatoms. The summed E-state index contributed by atoms with van der Waals surface area (Å²) in [6, 6.07) is 12.4. The van der Waals surface area contributed by atoms with Gasteiger partial charge in [0.05, 0.1) is 26.3 Å². The van der Waals surface area contributed by atoms with E-state index in [0.29, 0.717) is 13.1 Å². The summed E-state index contributed by atoms with van der Waals surface area (Å²) >= 11 is 0. The van der Waals surface area contributed by atoms with Gasteiger partial charge in [-0.15, -0.1) is 0 Å². The smallest absolute Gasteiger partial charge is 0.338 e. The number of hydrogen-bond acceptors (Lipinski definition) is 10. The summed E-state index contributed by atoms with van der Waals surface area (Å²) in [6.45, 7) is 1.13. The number of nitrogens with zero attached hydrogens (tertiary/aromatic N) is 2. The van der Waals surface area contributed by atoms with Crippen LogP contribution >= 0.6 is 0 Å². The number of nitrogens with one attached hydrogen (secondary N) is 2. The van der Waals surface area contributed by atoms with Crippen LogP contribution in [0.1, 0.15) is 47.9 Å². The van der Waals surface area contributed by atoms with Crippen LogP contribution in [0.3, 0.4) is 0 Å². The Labute approximate surface area is 256 Å². The molecule has 10 nitrogen and oxygen atoms in total. The number of esters is 2. The number of ether oxygens (including phenoxy) is 4. The molecule has 2 unspecified atom stereocenters. The first-order valence-electron chi connectivity index (χ1n) is 14.9. The van der Waals surface area contributed by atoms with Gasteiger partial charge in [-0.25, -0.2) is 19.6 Å². The molecule has 0 spiro atoms. The van der Waals surface area contributed by atoms with Crippen molar-refractivity contribution in [1.29, 1.82) is 0 Å². The van der Waals surface area contributed by atoms with E-state index in [2.05, 4.69) is 44.9 Å². The maximum absolute atomic E-state index is 12.3. The van der Waals surface area contributed by atoms with Gasteiger partial charge in [0.25, 0.3) is 12.0 Å². The van der Waals surface area contributed by atoms with E-state index in [4.69, 9.17) is 18.9 Å². The number of rotatable bonds is 8. The van der Waals surface area contributed by atoms with E-state index in [-0.39, 0.29) is 24.1 Å². The molecule has 0 bridgehead atoms. The fraction of sp³-hybridized carbons (Fsp3) is 0.353. The Bertz CT molecular complexity index is 1490. The molecule has 0 fully saturated rings. The summed E-state index contributed by atoms with van der Waals surface area (Å²) in [4.78, 5) is 33.7. The molecule has 2 atom stereocenters. The molecule has 6 rings (SSSR count). The minimum absolute atomic E-state index is 0.0465. The lowest BCUT2D eigenvalue weighted by atomic mass is 9.89. The Morgan fingerprint density at radius 2 is 1.18 bits per heavy atom. The summed E-state index contributed by atoms with van der Waals surface area (Å²) in [6.07, 6.45) is 11.7. The van der Waals surface area contributed by atoms with Crippen molar-refractivity contribution in [1.82, 2.24) is 10.6 Å². The van der Waals surface area contributed by atoms with Gasteiger partial charge in [-0.05, 0) is 61.8 Å². The number of benzene rings is 2. The fourth-order valence-corrected chi connectivity index (χ4v) is 6.05. The standard InChI is InChI=1S/C34H36N4O6/c1-41-29-7-3-5-23-11-9-21(17-27(23)29)15-25-19-35-33(37-25)43-31(39)13-14-32(40)44-34-36-20-26(38-34)16-22-10-12-24-6-4-8-30(42-2)28(24)18-22/h3-8,13-14,17-18,25-26H,9-12,15-16,19-20H2,1-2H3,(H,35,37)(H,36,38)/b14-13+. The van der Waals surface area contributed by atoms with E-state index in [1.165, 1.54) is 22.3 Å². The third-order valence-electron chi connectivity index (χ3n) is 8.20. The van der Waals surface area contributed by atoms with Gasteiger partial charge in [0, 0.05) is 36.4 Å². The Hall–Kier alpha value is -4.86. The number of carbonyl (C=O) groups is 2. The summed E-state index contributed by atoms with van der Waals surface area (Å²) < 4.78 is 21.6. The van der Waals surface area contributed by atoms with E-state index in [1.54, 1.807) is 14.2 Å². The molecule has 2 aliphatic heterocycles. The van der Waals surface area contributed by atoms with Crippen molar-refractivity contribution in [2.45, 2.75) is 50.6 Å². The topological polar surface area (TPSA) is 120 Å². The Balaban J connectivity index is 0.968. The normalized spacial score (nSPS) is 20.2.